The number of anilines is 1. The van der Waals surface area contributed by atoms with Gasteiger partial charge in [-0.15, -0.1) is 0 Å². The Bertz CT molecular complexity index is 772. The van der Waals surface area contributed by atoms with E-state index >= 15 is 0 Å². The lowest BCUT2D eigenvalue weighted by atomic mass is 10.1. The van der Waals surface area contributed by atoms with Crippen molar-refractivity contribution in [3.63, 3.8) is 0 Å². The number of halogens is 1. The molecule has 1 aliphatic rings. The minimum Gasteiger partial charge on any atom is -0.489 e. The highest BCUT2D eigenvalue weighted by molar-refractivity contribution is 7.91. The number of nitrogens with two attached hydrogens (primary N) is 1. The molecule has 3 rings (SSSR count). The molecular formula is C15H14FNO3S. The number of hydrogen-bond acceptors (Lipinski definition) is 4. The van der Waals surface area contributed by atoms with Crippen molar-refractivity contribution in [3.8, 4) is 5.75 Å². The Morgan fingerprint density at radius 3 is 2.62 bits per heavy atom. The average molecular weight is 307 g/mol. The summed E-state index contributed by atoms with van der Waals surface area (Å²) in [4.78, 5) is 0.211. The number of fused-ring (bicyclic) bond motifs is 1. The van der Waals surface area contributed by atoms with Gasteiger partial charge in [0.15, 0.2) is 9.84 Å². The maximum Gasteiger partial charge on any atom is 0.182 e. The van der Waals surface area contributed by atoms with Gasteiger partial charge in [0.2, 0.25) is 0 Å². The fourth-order valence-corrected chi connectivity index (χ4v) is 3.82. The van der Waals surface area contributed by atoms with Crippen LogP contribution in [-0.4, -0.2) is 20.3 Å². The molecule has 4 nitrogen and oxygen atoms in total. The predicted octanol–water partition coefficient (Wildman–Crippen LogP) is 2.19. The Morgan fingerprint density at radius 2 is 1.90 bits per heavy atom. The minimum atomic E-state index is -3.46. The third-order valence-electron chi connectivity index (χ3n) is 3.41. The SMILES string of the molecule is Nc1ccc(S(=O)(=O)CC2Cc3cc(F)ccc3O2)cc1. The normalized spacial score (nSPS) is 17.3. The van der Waals surface area contributed by atoms with Crippen LogP contribution in [-0.2, 0) is 16.3 Å². The molecular weight excluding hydrogens is 293 g/mol. The summed E-state index contributed by atoms with van der Waals surface area (Å²) in [6.45, 7) is 0. The van der Waals surface area contributed by atoms with Crippen molar-refractivity contribution in [2.75, 3.05) is 11.5 Å². The number of hydrogen-bond donors (Lipinski definition) is 1. The molecule has 1 aliphatic heterocycles. The van der Waals surface area contributed by atoms with Gasteiger partial charge in [0.05, 0.1) is 10.6 Å². The Hall–Kier alpha value is -2.08. The molecule has 0 bridgehead atoms. The van der Waals surface area contributed by atoms with Crippen LogP contribution in [0.4, 0.5) is 10.1 Å². The zero-order valence-corrected chi connectivity index (χ0v) is 11.9. The molecule has 0 fully saturated rings. The Balaban J connectivity index is 1.77. The quantitative estimate of drug-likeness (QED) is 0.883. The van der Waals surface area contributed by atoms with Crippen molar-refractivity contribution in [1.82, 2.24) is 0 Å². The van der Waals surface area contributed by atoms with Gasteiger partial charge >= 0.3 is 0 Å². The van der Waals surface area contributed by atoms with Crippen LogP contribution in [0.5, 0.6) is 5.75 Å². The summed E-state index contributed by atoms with van der Waals surface area (Å²) in [7, 11) is -3.46. The minimum absolute atomic E-state index is 0.146. The van der Waals surface area contributed by atoms with Gasteiger partial charge in [-0.3, -0.25) is 0 Å². The molecule has 21 heavy (non-hydrogen) atoms. The van der Waals surface area contributed by atoms with Crippen molar-refractivity contribution < 1.29 is 17.5 Å². The fraction of sp³-hybridized carbons (Fsp3) is 0.200. The zero-order valence-electron chi connectivity index (χ0n) is 11.1. The fourth-order valence-electron chi connectivity index (χ4n) is 2.40. The predicted molar refractivity (Wildman–Crippen MR) is 77.4 cm³/mol. The van der Waals surface area contributed by atoms with Crippen LogP contribution in [0.15, 0.2) is 47.4 Å². The van der Waals surface area contributed by atoms with Gasteiger partial charge in [0, 0.05) is 17.7 Å². The molecule has 0 saturated heterocycles. The third kappa shape index (κ3) is 2.85. The van der Waals surface area contributed by atoms with Crippen molar-refractivity contribution >= 4 is 15.5 Å². The van der Waals surface area contributed by atoms with Crippen molar-refractivity contribution in [1.29, 1.82) is 0 Å². The lowest BCUT2D eigenvalue weighted by molar-refractivity contribution is 0.256. The Labute approximate surface area is 122 Å². The van der Waals surface area contributed by atoms with Crippen molar-refractivity contribution in [3.05, 3.63) is 53.8 Å². The Kier molecular flexibility index (Phi) is 3.33. The number of benzene rings is 2. The molecule has 2 N–H and O–H groups in total. The maximum atomic E-state index is 13.1. The lowest BCUT2D eigenvalue weighted by Gasteiger charge is -2.11. The topological polar surface area (TPSA) is 69.4 Å². The van der Waals surface area contributed by atoms with Gasteiger partial charge in [-0.1, -0.05) is 0 Å². The second-order valence-corrected chi connectivity index (χ2v) is 7.08. The molecule has 0 aromatic heterocycles. The number of ether oxygens (including phenoxy) is 1. The van der Waals surface area contributed by atoms with E-state index in [1.807, 2.05) is 0 Å². The first kappa shape index (κ1) is 13.9. The number of nitrogen functional groups attached to an aromatic ring is 1. The number of rotatable bonds is 3. The molecule has 0 radical (unpaired) electrons. The molecule has 2 aromatic rings. The van der Waals surface area contributed by atoms with Gasteiger partial charge in [-0.05, 0) is 42.5 Å². The highest BCUT2D eigenvalue weighted by Gasteiger charge is 2.29. The van der Waals surface area contributed by atoms with E-state index in [0.717, 1.165) is 0 Å². The monoisotopic (exact) mass is 307 g/mol. The molecule has 2 aromatic carbocycles. The molecule has 0 amide bonds. The second-order valence-electron chi connectivity index (χ2n) is 5.05. The summed E-state index contributed by atoms with van der Waals surface area (Å²) in [5.41, 5.74) is 6.76. The van der Waals surface area contributed by atoms with Gasteiger partial charge in [0.1, 0.15) is 17.7 Å². The van der Waals surface area contributed by atoms with Gasteiger partial charge in [-0.25, -0.2) is 12.8 Å². The molecule has 110 valence electrons. The largest absolute Gasteiger partial charge is 0.489 e. The van der Waals surface area contributed by atoms with Crippen LogP contribution in [0.2, 0.25) is 0 Å². The van der Waals surface area contributed by atoms with E-state index in [0.29, 0.717) is 23.4 Å². The van der Waals surface area contributed by atoms with E-state index < -0.39 is 15.9 Å². The summed E-state index contributed by atoms with van der Waals surface area (Å²) in [6.07, 6.45) is -0.106. The van der Waals surface area contributed by atoms with Crippen LogP contribution in [0, 0.1) is 5.82 Å². The van der Waals surface area contributed by atoms with E-state index in [4.69, 9.17) is 10.5 Å². The van der Waals surface area contributed by atoms with E-state index in [1.165, 1.54) is 30.3 Å². The van der Waals surface area contributed by atoms with Gasteiger partial charge in [0.25, 0.3) is 0 Å². The van der Waals surface area contributed by atoms with Crippen LogP contribution >= 0.6 is 0 Å². The maximum absolute atomic E-state index is 13.1. The van der Waals surface area contributed by atoms with E-state index in [9.17, 15) is 12.8 Å². The van der Waals surface area contributed by atoms with E-state index in [2.05, 4.69) is 0 Å². The second kappa shape index (κ2) is 5.04. The van der Waals surface area contributed by atoms with E-state index in [-0.39, 0.29) is 16.5 Å². The molecule has 1 unspecified atom stereocenters. The first-order valence-corrected chi connectivity index (χ1v) is 8.13. The first-order chi connectivity index (χ1) is 9.94. The van der Waals surface area contributed by atoms with E-state index in [1.54, 1.807) is 12.1 Å². The third-order valence-corrected chi connectivity index (χ3v) is 5.21. The van der Waals surface area contributed by atoms with Crippen molar-refractivity contribution in [2.24, 2.45) is 0 Å². The number of sulfone groups is 1. The summed E-state index contributed by atoms with van der Waals surface area (Å²) in [5, 5.41) is 0. The van der Waals surface area contributed by atoms with Crippen LogP contribution in [0.1, 0.15) is 5.56 Å². The molecule has 0 saturated carbocycles. The molecule has 6 heteroatoms. The van der Waals surface area contributed by atoms with Crippen LogP contribution in [0.25, 0.3) is 0 Å². The summed E-state index contributed by atoms with van der Waals surface area (Å²) >= 11 is 0. The van der Waals surface area contributed by atoms with Crippen molar-refractivity contribution in [2.45, 2.75) is 17.4 Å². The standard InChI is InChI=1S/C15H14FNO3S/c16-11-1-6-15-10(7-11)8-13(20-15)9-21(18,19)14-4-2-12(17)3-5-14/h1-7,13H,8-9,17H2. The smallest absolute Gasteiger partial charge is 0.182 e. The lowest BCUT2D eigenvalue weighted by Crippen LogP contribution is -2.25. The highest BCUT2D eigenvalue weighted by Crippen LogP contribution is 2.30. The van der Waals surface area contributed by atoms with Crippen LogP contribution < -0.4 is 10.5 Å². The molecule has 1 atom stereocenters. The highest BCUT2D eigenvalue weighted by atomic mass is 32.2. The summed E-state index contributed by atoms with van der Waals surface area (Å²) in [5.74, 6) is 0.0565. The van der Waals surface area contributed by atoms with Gasteiger partial charge < -0.3 is 10.5 Å². The zero-order chi connectivity index (χ0) is 15.0. The molecule has 0 spiro atoms. The first-order valence-electron chi connectivity index (χ1n) is 6.47. The van der Waals surface area contributed by atoms with Crippen LogP contribution in [0.3, 0.4) is 0 Å². The Morgan fingerprint density at radius 1 is 1.19 bits per heavy atom. The molecule has 1 heterocycles. The summed E-state index contributed by atoms with van der Waals surface area (Å²) < 4.78 is 43.4. The average Bonchev–Trinajstić information content (AvgIpc) is 2.79. The van der Waals surface area contributed by atoms with Gasteiger partial charge in [-0.2, -0.15) is 0 Å². The summed E-state index contributed by atoms with van der Waals surface area (Å²) in [6, 6.07) is 10.3. The molecule has 0 aliphatic carbocycles.